The first kappa shape index (κ1) is 8.89. The van der Waals surface area contributed by atoms with Crippen LogP contribution in [0.1, 0.15) is 13.3 Å². The number of ketones is 1. The van der Waals surface area contributed by atoms with Gasteiger partial charge in [0.15, 0.2) is 5.78 Å². The molecule has 0 radical (unpaired) electrons. The number of carbonyl (C=O) groups excluding carboxylic acids is 1. The van der Waals surface area contributed by atoms with Crippen LogP contribution >= 0.6 is 0 Å². The van der Waals surface area contributed by atoms with Crippen LogP contribution in [0, 0.1) is 0 Å². The minimum absolute atomic E-state index is 0.0831. The summed E-state index contributed by atoms with van der Waals surface area (Å²) in [5.74, 6) is 0.0831. The second kappa shape index (κ2) is 4.74. The van der Waals surface area contributed by atoms with Gasteiger partial charge in [0.1, 0.15) is 0 Å². The zero-order chi connectivity index (χ0) is 7.98. The van der Waals surface area contributed by atoms with Gasteiger partial charge in [0.05, 0.1) is 0 Å². The number of allylic oxidation sites excluding steroid dienone is 4. The van der Waals surface area contributed by atoms with Gasteiger partial charge < -0.3 is 0 Å². The summed E-state index contributed by atoms with van der Waals surface area (Å²) in [6, 6.07) is 0. The normalized spacial score (nSPS) is 10.7. The molecule has 0 aliphatic carbocycles. The third-order valence-electron chi connectivity index (χ3n) is 1.14. The van der Waals surface area contributed by atoms with Gasteiger partial charge in [0.2, 0.25) is 0 Å². The van der Waals surface area contributed by atoms with Gasteiger partial charge in [-0.1, -0.05) is 24.8 Å². The maximum atomic E-state index is 10.8. The van der Waals surface area contributed by atoms with Crippen molar-refractivity contribution in [2.24, 2.45) is 0 Å². The monoisotopic (exact) mass is 136 g/mol. The van der Waals surface area contributed by atoms with Crippen LogP contribution < -0.4 is 0 Å². The average Bonchev–Trinajstić information content (AvgIpc) is 1.87. The van der Waals surface area contributed by atoms with Crippen LogP contribution in [0.15, 0.2) is 37.0 Å². The van der Waals surface area contributed by atoms with E-state index in [1.54, 1.807) is 25.2 Å². The van der Waals surface area contributed by atoms with Crippen LogP contribution in [0.4, 0.5) is 0 Å². The molecule has 0 saturated heterocycles. The van der Waals surface area contributed by atoms with Gasteiger partial charge in [-0.3, -0.25) is 4.79 Å². The molecule has 0 heterocycles. The number of Topliss-reactive ketones (excluding diaryl/α,β-unsaturated/α-hetero) is 1. The minimum atomic E-state index is 0.0831. The van der Waals surface area contributed by atoms with E-state index in [2.05, 4.69) is 13.2 Å². The largest absolute Gasteiger partial charge is 0.295 e. The molecule has 0 atom stereocenters. The quantitative estimate of drug-likeness (QED) is 0.329. The molecular weight excluding hydrogens is 124 g/mol. The predicted molar refractivity (Wildman–Crippen MR) is 43.8 cm³/mol. The fourth-order valence-corrected chi connectivity index (χ4v) is 0.627. The summed E-state index contributed by atoms with van der Waals surface area (Å²) < 4.78 is 0. The Morgan fingerprint density at radius 3 is 2.40 bits per heavy atom. The van der Waals surface area contributed by atoms with Crippen molar-refractivity contribution in [2.75, 3.05) is 0 Å². The Hall–Kier alpha value is -1.11. The van der Waals surface area contributed by atoms with Crippen LogP contribution in [0.5, 0.6) is 0 Å². The van der Waals surface area contributed by atoms with E-state index in [-0.39, 0.29) is 5.78 Å². The highest BCUT2D eigenvalue weighted by Crippen LogP contribution is 2.02. The maximum Gasteiger partial charge on any atom is 0.156 e. The SMILES string of the molecule is C=CC=C(CC=C)C(C)=O. The van der Waals surface area contributed by atoms with E-state index in [9.17, 15) is 4.79 Å². The van der Waals surface area contributed by atoms with Crippen LogP contribution in [0.2, 0.25) is 0 Å². The second-order valence-electron chi connectivity index (χ2n) is 1.98. The minimum Gasteiger partial charge on any atom is -0.295 e. The van der Waals surface area contributed by atoms with Crippen LogP contribution in [-0.4, -0.2) is 5.78 Å². The van der Waals surface area contributed by atoms with Crippen LogP contribution in [0.3, 0.4) is 0 Å². The van der Waals surface area contributed by atoms with Crippen LogP contribution in [0.25, 0.3) is 0 Å². The molecule has 0 aromatic rings. The Balaban J connectivity index is 4.24. The topological polar surface area (TPSA) is 17.1 Å². The molecule has 0 unspecified atom stereocenters. The van der Waals surface area contributed by atoms with Gasteiger partial charge in [0.25, 0.3) is 0 Å². The van der Waals surface area contributed by atoms with Gasteiger partial charge in [-0.2, -0.15) is 0 Å². The first-order valence-electron chi connectivity index (χ1n) is 3.15. The van der Waals surface area contributed by atoms with Crippen molar-refractivity contribution in [3.05, 3.63) is 37.0 Å². The summed E-state index contributed by atoms with van der Waals surface area (Å²) >= 11 is 0. The lowest BCUT2D eigenvalue weighted by atomic mass is 10.1. The summed E-state index contributed by atoms with van der Waals surface area (Å²) in [6.07, 6.45) is 5.66. The molecule has 0 aromatic carbocycles. The summed E-state index contributed by atoms with van der Waals surface area (Å²) in [4.78, 5) is 10.8. The van der Waals surface area contributed by atoms with Crippen molar-refractivity contribution in [2.45, 2.75) is 13.3 Å². The number of hydrogen-bond donors (Lipinski definition) is 0. The Bertz CT molecular complexity index is 175. The molecule has 0 aliphatic heterocycles. The van der Waals surface area contributed by atoms with Gasteiger partial charge >= 0.3 is 0 Å². The maximum absolute atomic E-state index is 10.8. The number of hydrogen-bond acceptors (Lipinski definition) is 1. The molecule has 0 aromatic heterocycles. The smallest absolute Gasteiger partial charge is 0.156 e. The van der Waals surface area contributed by atoms with Crippen molar-refractivity contribution in [1.82, 2.24) is 0 Å². The molecule has 0 aliphatic rings. The standard InChI is InChI=1S/C9H12O/c1-4-6-9(7-5-2)8(3)10/h4-6H,1-2,7H2,3H3. The second-order valence-corrected chi connectivity index (χ2v) is 1.98. The first-order valence-corrected chi connectivity index (χ1v) is 3.15. The van der Waals surface area contributed by atoms with Crippen molar-refractivity contribution >= 4 is 5.78 Å². The summed E-state index contributed by atoms with van der Waals surface area (Å²) in [5, 5.41) is 0. The van der Waals surface area contributed by atoms with Gasteiger partial charge in [0, 0.05) is 0 Å². The van der Waals surface area contributed by atoms with Gasteiger partial charge in [-0.05, 0) is 18.9 Å². The summed E-state index contributed by atoms with van der Waals surface area (Å²) in [5.41, 5.74) is 0.755. The van der Waals surface area contributed by atoms with E-state index in [1.807, 2.05) is 0 Å². The molecular formula is C9H12O. The molecule has 0 rings (SSSR count). The highest BCUT2D eigenvalue weighted by Gasteiger charge is 1.97. The number of carbonyl (C=O) groups is 1. The van der Waals surface area contributed by atoms with Gasteiger partial charge in [-0.15, -0.1) is 6.58 Å². The van der Waals surface area contributed by atoms with Gasteiger partial charge in [-0.25, -0.2) is 0 Å². The van der Waals surface area contributed by atoms with Crippen molar-refractivity contribution in [1.29, 1.82) is 0 Å². The van der Waals surface area contributed by atoms with Crippen molar-refractivity contribution in [3.63, 3.8) is 0 Å². The molecule has 1 heteroatoms. The van der Waals surface area contributed by atoms with E-state index in [0.29, 0.717) is 6.42 Å². The Morgan fingerprint density at radius 2 is 2.10 bits per heavy atom. The van der Waals surface area contributed by atoms with Crippen molar-refractivity contribution < 1.29 is 4.79 Å². The molecule has 0 saturated carbocycles. The zero-order valence-electron chi connectivity index (χ0n) is 6.26. The molecule has 0 fully saturated rings. The lowest BCUT2D eigenvalue weighted by molar-refractivity contribution is -0.113. The predicted octanol–water partition coefficient (Wildman–Crippen LogP) is 2.26. The zero-order valence-corrected chi connectivity index (χ0v) is 6.26. The molecule has 54 valence electrons. The van der Waals surface area contributed by atoms with Crippen LogP contribution in [-0.2, 0) is 4.79 Å². The van der Waals surface area contributed by atoms with E-state index >= 15 is 0 Å². The molecule has 10 heavy (non-hydrogen) atoms. The van der Waals surface area contributed by atoms with E-state index in [4.69, 9.17) is 0 Å². The first-order chi connectivity index (χ1) is 4.72. The fourth-order valence-electron chi connectivity index (χ4n) is 0.627. The molecule has 0 amide bonds. The Morgan fingerprint density at radius 1 is 1.50 bits per heavy atom. The average molecular weight is 136 g/mol. The van der Waals surface area contributed by atoms with E-state index < -0.39 is 0 Å². The van der Waals surface area contributed by atoms with E-state index in [1.165, 1.54) is 0 Å². The third kappa shape index (κ3) is 3.02. The number of rotatable bonds is 4. The highest BCUT2D eigenvalue weighted by molar-refractivity contribution is 5.93. The molecule has 0 spiro atoms. The fraction of sp³-hybridized carbons (Fsp3) is 0.222. The third-order valence-corrected chi connectivity index (χ3v) is 1.14. The highest BCUT2D eigenvalue weighted by atomic mass is 16.1. The Kier molecular flexibility index (Phi) is 4.21. The Labute approximate surface area is 61.8 Å². The lowest BCUT2D eigenvalue weighted by Gasteiger charge is -1.94. The van der Waals surface area contributed by atoms with Crippen molar-refractivity contribution in [3.8, 4) is 0 Å². The summed E-state index contributed by atoms with van der Waals surface area (Å²) in [7, 11) is 0. The molecule has 0 bridgehead atoms. The van der Waals surface area contributed by atoms with E-state index in [0.717, 1.165) is 5.57 Å². The lowest BCUT2D eigenvalue weighted by Crippen LogP contribution is -1.93. The molecule has 1 nitrogen and oxygen atoms in total. The summed E-state index contributed by atoms with van der Waals surface area (Å²) in [6.45, 7) is 8.58. The molecule has 0 N–H and O–H groups in total.